The third kappa shape index (κ3) is 5.24. The summed E-state index contributed by atoms with van der Waals surface area (Å²) in [6.45, 7) is 11.9. The summed E-state index contributed by atoms with van der Waals surface area (Å²) in [6.07, 6.45) is 2.85. The Labute approximate surface area is 278 Å². The highest BCUT2D eigenvalue weighted by Gasteiger charge is 2.33. The third-order valence-corrected chi connectivity index (χ3v) is 9.07. The number of nitrogens with two attached hydrogens (primary N) is 1. The van der Waals surface area contributed by atoms with Crippen molar-refractivity contribution >= 4 is 63.1 Å². The number of fused-ring (bicyclic) bond motifs is 1. The van der Waals surface area contributed by atoms with E-state index in [1.807, 2.05) is 25.7 Å². The van der Waals surface area contributed by atoms with Crippen LogP contribution in [-0.2, 0) is 4.79 Å². The molecule has 46 heavy (non-hydrogen) atoms. The van der Waals surface area contributed by atoms with Crippen LogP contribution in [0.4, 0.5) is 20.2 Å². The predicted molar refractivity (Wildman–Crippen MR) is 177 cm³/mol. The molecule has 0 aliphatic carbocycles. The number of hydrogen-bond acceptors (Lipinski definition) is 7. The first-order valence-corrected chi connectivity index (χ1v) is 15.3. The lowest BCUT2D eigenvalue weighted by atomic mass is 10.0. The number of amides is 1. The molecule has 1 atom stereocenters. The van der Waals surface area contributed by atoms with E-state index in [9.17, 15) is 23.6 Å². The number of aryl methyl sites for hydroxylation is 1. The van der Waals surface area contributed by atoms with Gasteiger partial charge in [-0.1, -0.05) is 55.2 Å². The SMILES string of the molecule is C=CC(=O)N1CCN(c2c(C#N)c(=O)n(-c3c(C)ccnc3C(C)C)c3nc(-c4c(N)c(Cl)c(F)c(F)c4Cl)c(Cl)cc23)C[C@H]1C. The maximum atomic E-state index is 14.9. The molecular weight excluding hydrogens is 659 g/mol. The Balaban J connectivity index is 1.94. The predicted octanol–water partition coefficient (Wildman–Crippen LogP) is 6.79. The first kappa shape index (κ1) is 33.1. The highest BCUT2D eigenvalue weighted by molar-refractivity contribution is 6.40. The van der Waals surface area contributed by atoms with E-state index >= 15 is 0 Å². The normalized spacial score (nSPS) is 15.0. The van der Waals surface area contributed by atoms with Crippen molar-refractivity contribution in [2.75, 3.05) is 30.3 Å². The zero-order valence-corrected chi connectivity index (χ0v) is 27.5. The van der Waals surface area contributed by atoms with Gasteiger partial charge in [-0.05, 0) is 43.5 Å². The molecular formula is C32H28Cl3F2N7O2. The fourth-order valence-electron chi connectivity index (χ4n) is 5.85. The number of carbonyl (C=O) groups is 1. The van der Waals surface area contributed by atoms with Crippen LogP contribution in [0.1, 0.15) is 43.5 Å². The summed E-state index contributed by atoms with van der Waals surface area (Å²) in [5, 5.41) is 9.26. The van der Waals surface area contributed by atoms with Crippen molar-refractivity contribution in [3.8, 4) is 23.0 Å². The molecule has 1 fully saturated rings. The molecule has 14 heteroatoms. The van der Waals surface area contributed by atoms with Gasteiger partial charge in [0.05, 0.1) is 38.5 Å². The first-order chi connectivity index (χ1) is 21.7. The maximum Gasteiger partial charge on any atom is 0.276 e. The van der Waals surface area contributed by atoms with Crippen molar-refractivity contribution in [2.45, 2.75) is 39.7 Å². The second kappa shape index (κ2) is 12.5. The number of hydrogen-bond donors (Lipinski definition) is 1. The van der Waals surface area contributed by atoms with Gasteiger partial charge in [0.15, 0.2) is 11.6 Å². The van der Waals surface area contributed by atoms with Gasteiger partial charge in [0.2, 0.25) is 5.91 Å². The maximum absolute atomic E-state index is 14.9. The Morgan fingerprint density at radius 2 is 1.87 bits per heavy atom. The van der Waals surface area contributed by atoms with E-state index in [4.69, 9.17) is 45.5 Å². The third-order valence-electron chi connectivity index (χ3n) is 8.05. The van der Waals surface area contributed by atoms with Gasteiger partial charge in [0.25, 0.3) is 5.56 Å². The van der Waals surface area contributed by atoms with Gasteiger partial charge in [-0.25, -0.2) is 13.8 Å². The van der Waals surface area contributed by atoms with Crippen molar-refractivity contribution in [2.24, 2.45) is 0 Å². The van der Waals surface area contributed by atoms with Crippen LogP contribution in [0.25, 0.3) is 28.0 Å². The van der Waals surface area contributed by atoms with Crippen LogP contribution >= 0.6 is 34.8 Å². The number of benzene rings is 1. The number of rotatable bonds is 5. The summed E-state index contributed by atoms with van der Waals surface area (Å²) in [6, 6.07) is 4.98. The second-order valence-corrected chi connectivity index (χ2v) is 12.4. The van der Waals surface area contributed by atoms with E-state index in [0.29, 0.717) is 28.9 Å². The van der Waals surface area contributed by atoms with Gasteiger partial charge in [-0.2, -0.15) is 5.26 Å². The Bertz CT molecular complexity index is 2030. The minimum absolute atomic E-state index is 0.0324. The molecule has 4 heterocycles. The zero-order valence-electron chi connectivity index (χ0n) is 25.3. The van der Waals surface area contributed by atoms with Crippen molar-refractivity contribution in [3.05, 3.63) is 84.9 Å². The van der Waals surface area contributed by atoms with Crippen LogP contribution in [0.5, 0.6) is 0 Å². The number of nitriles is 1. The average Bonchev–Trinajstić information content (AvgIpc) is 3.02. The topological polar surface area (TPSA) is 121 Å². The van der Waals surface area contributed by atoms with Crippen molar-refractivity contribution < 1.29 is 13.6 Å². The van der Waals surface area contributed by atoms with Crippen LogP contribution in [0.2, 0.25) is 15.1 Å². The largest absolute Gasteiger partial charge is 0.397 e. The Hall–Kier alpha value is -4.24. The number of pyridine rings is 3. The lowest BCUT2D eigenvalue weighted by molar-refractivity contribution is -0.128. The van der Waals surface area contributed by atoms with Crippen LogP contribution in [0.3, 0.4) is 0 Å². The van der Waals surface area contributed by atoms with E-state index in [1.54, 1.807) is 24.1 Å². The minimum atomic E-state index is -1.45. The molecule has 1 aliphatic rings. The number of halogens is 5. The van der Waals surface area contributed by atoms with Gasteiger partial charge in [-0.15, -0.1) is 0 Å². The van der Waals surface area contributed by atoms with Crippen LogP contribution in [0, 0.1) is 29.9 Å². The summed E-state index contributed by atoms with van der Waals surface area (Å²) in [5.41, 5.74) is 6.33. The molecule has 3 aromatic heterocycles. The number of aromatic nitrogens is 3. The Kier molecular flexibility index (Phi) is 9.01. The van der Waals surface area contributed by atoms with E-state index in [1.165, 1.54) is 16.7 Å². The van der Waals surface area contributed by atoms with Gasteiger partial charge in [0, 0.05) is 42.8 Å². The van der Waals surface area contributed by atoms with Crippen LogP contribution in [-0.4, -0.2) is 51.0 Å². The van der Waals surface area contributed by atoms with Gasteiger partial charge < -0.3 is 15.5 Å². The highest BCUT2D eigenvalue weighted by Crippen LogP contribution is 2.45. The molecule has 1 saturated heterocycles. The standard InChI is InChI=1S/C32H28Cl3F2N7O2/c1-6-20(45)43-10-9-42(13-16(43)5)30-17-11-19(33)28(21-22(34)24(36)25(37)23(35)26(21)39)41-31(17)44(32(46)18(30)12-38)29-15(4)7-8-40-27(29)14(2)3/h6-8,11,14,16H,1,9-10,13,39H2,2-5H3/t16-/m1/s1. The summed E-state index contributed by atoms with van der Waals surface area (Å²) >= 11 is 19.1. The highest BCUT2D eigenvalue weighted by atomic mass is 35.5. The van der Waals surface area contributed by atoms with E-state index < -0.39 is 32.9 Å². The van der Waals surface area contributed by atoms with Crippen molar-refractivity contribution in [1.82, 2.24) is 19.4 Å². The lowest BCUT2D eigenvalue weighted by Gasteiger charge is -2.41. The zero-order chi connectivity index (χ0) is 33.8. The smallest absolute Gasteiger partial charge is 0.276 e. The fraction of sp³-hybridized carbons (Fsp3) is 0.281. The monoisotopic (exact) mass is 685 g/mol. The average molecular weight is 687 g/mol. The molecule has 0 radical (unpaired) electrons. The summed E-state index contributed by atoms with van der Waals surface area (Å²) in [4.78, 5) is 39.7. The van der Waals surface area contributed by atoms with Crippen molar-refractivity contribution in [1.29, 1.82) is 5.26 Å². The lowest BCUT2D eigenvalue weighted by Crippen LogP contribution is -2.54. The Morgan fingerprint density at radius 3 is 2.48 bits per heavy atom. The molecule has 238 valence electrons. The fourth-order valence-corrected chi connectivity index (χ4v) is 6.55. The number of nitrogen functional groups attached to an aromatic ring is 1. The van der Waals surface area contributed by atoms with Crippen molar-refractivity contribution in [3.63, 3.8) is 0 Å². The van der Waals surface area contributed by atoms with E-state index in [-0.39, 0.29) is 64.1 Å². The molecule has 1 aliphatic heterocycles. The van der Waals surface area contributed by atoms with Crippen LogP contribution in [0.15, 0.2) is 35.8 Å². The molecule has 1 aromatic carbocycles. The molecule has 4 aromatic rings. The molecule has 9 nitrogen and oxygen atoms in total. The summed E-state index contributed by atoms with van der Waals surface area (Å²) < 4.78 is 30.6. The quantitative estimate of drug-likeness (QED) is 0.106. The van der Waals surface area contributed by atoms with Gasteiger partial charge in [-0.3, -0.25) is 19.1 Å². The number of nitrogens with zero attached hydrogens (tertiary/aromatic N) is 6. The molecule has 0 unspecified atom stereocenters. The molecule has 1 amide bonds. The summed E-state index contributed by atoms with van der Waals surface area (Å²) in [5.74, 6) is -3.27. The molecule has 2 N–H and O–H groups in total. The van der Waals surface area contributed by atoms with E-state index in [2.05, 4.69) is 17.6 Å². The molecule has 0 saturated carbocycles. The first-order valence-electron chi connectivity index (χ1n) is 14.2. The molecule has 5 rings (SSSR count). The number of anilines is 2. The minimum Gasteiger partial charge on any atom is -0.397 e. The van der Waals surface area contributed by atoms with E-state index in [0.717, 1.165) is 0 Å². The summed E-state index contributed by atoms with van der Waals surface area (Å²) in [7, 11) is 0. The Morgan fingerprint density at radius 1 is 1.20 bits per heavy atom. The molecule has 0 bridgehead atoms. The van der Waals surface area contributed by atoms with Gasteiger partial charge >= 0.3 is 0 Å². The van der Waals surface area contributed by atoms with Gasteiger partial charge in [0.1, 0.15) is 22.3 Å². The number of piperazine rings is 1. The van der Waals surface area contributed by atoms with Crippen LogP contribution < -0.4 is 16.2 Å². The molecule has 0 spiro atoms. The number of carbonyl (C=O) groups excluding carboxylic acids is 1. The second-order valence-electron chi connectivity index (χ2n) is 11.3.